The Bertz CT molecular complexity index is 721. The van der Waals surface area contributed by atoms with E-state index in [4.69, 9.17) is 5.11 Å². The SMILES string of the molecule is O=C(O)NC1Cc2cc(Br)ccc2-n2c1n[nH]c2=O. The van der Waals surface area contributed by atoms with Gasteiger partial charge in [-0.25, -0.2) is 19.3 Å². The van der Waals surface area contributed by atoms with E-state index in [9.17, 15) is 9.59 Å². The van der Waals surface area contributed by atoms with Crippen molar-refractivity contribution in [3.63, 3.8) is 0 Å². The molecule has 1 aromatic heterocycles. The van der Waals surface area contributed by atoms with Crippen molar-refractivity contribution in [1.82, 2.24) is 20.1 Å². The van der Waals surface area contributed by atoms with Crippen LogP contribution in [0.2, 0.25) is 0 Å². The quantitative estimate of drug-likeness (QED) is 0.733. The molecule has 98 valence electrons. The first-order valence-electron chi connectivity index (χ1n) is 5.52. The van der Waals surface area contributed by atoms with Crippen molar-refractivity contribution in [3.05, 3.63) is 44.5 Å². The van der Waals surface area contributed by atoms with Crippen LogP contribution >= 0.6 is 15.9 Å². The number of carboxylic acid groups (broad SMARTS) is 1. The molecule has 1 aliphatic heterocycles. The van der Waals surface area contributed by atoms with Crippen LogP contribution in [0.25, 0.3) is 5.69 Å². The highest BCUT2D eigenvalue weighted by atomic mass is 79.9. The van der Waals surface area contributed by atoms with E-state index in [2.05, 4.69) is 31.4 Å². The summed E-state index contributed by atoms with van der Waals surface area (Å²) in [6, 6.07) is 4.95. The summed E-state index contributed by atoms with van der Waals surface area (Å²) >= 11 is 3.36. The number of benzene rings is 1. The lowest BCUT2D eigenvalue weighted by Crippen LogP contribution is -2.35. The predicted octanol–water partition coefficient (Wildman–Crippen LogP) is 1.19. The number of hydrogen-bond donors (Lipinski definition) is 3. The monoisotopic (exact) mass is 324 g/mol. The van der Waals surface area contributed by atoms with E-state index in [0.717, 1.165) is 15.7 Å². The van der Waals surface area contributed by atoms with E-state index in [1.165, 1.54) is 4.57 Å². The molecule has 19 heavy (non-hydrogen) atoms. The summed E-state index contributed by atoms with van der Waals surface area (Å²) < 4.78 is 2.27. The van der Waals surface area contributed by atoms with Crippen molar-refractivity contribution in [3.8, 4) is 5.69 Å². The maximum absolute atomic E-state index is 11.8. The molecule has 0 fully saturated rings. The number of halogens is 1. The Hall–Kier alpha value is -2.09. The third-order valence-corrected chi connectivity index (χ3v) is 3.51. The molecule has 2 aromatic rings. The smallest absolute Gasteiger partial charge is 0.405 e. The van der Waals surface area contributed by atoms with Gasteiger partial charge in [0.25, 0.3) is 0 Å². The zero-order valence-electron chi connectivity index (χ0n) is 9.55. The molecule has 2 heterocycles. The van der Waals surface area contributed by atoms with Crippen LogP contribution in [0.15, 0.2) is 27.5 Å². The van der Waals surface area contributed by atoms with Crippen LogP contribution in [-0.4, -0.2) is 26.0 Å². The summed E-state index contributed by atoms with van der Waals surface area (Å²) in [4.78, 5) is 22.6. The molecule has 1 amide bonds. The molecule has 0 radical (unpaired) electrons. The summed E-state index contributed by atoms with van der Waals surface area (Å²) in [6.07, 6.45) is -0.698. The fourth-order valence-corrected chi connectivity index (χ4v) is 2.70. The van der Waals surface area contributed by atoms with Crippen LogP contribution in [-0.2, 0) is 6.42 Å². The highest BCUT2D eigenvalue weighted by Crippen LogP contribution is 2.30. The summed E-state index contributed by atoms with van der Waals surface area (Å²) in [7, 11) is 0. The summed E-state index contributed by atoms with van der Waals surface area (Å²) in [5, 5.41) is 17.5. The van der Waals surface area contributed by atoms with Gasteiger partial charge in [0.05, 0.1) is 11.7 Å². The minimum atomic E-state index is -1.15. The number of amides is 1. The van der Waals surface area contributed by atoms with Crippen molar-refractivity contribution in [2.75, 3.05) is 0 Å². The van der Waals surface area contributed by atoms with Crippen LogP contribution in [0, 0.1) is 0 Å². The lowest BCUT2D eigenvalue weighted by atomic mass is 9.99. The van der Waals surface area contributed by atoms with E-state index < -0.39 is 12.1 Å². The first-order chi connectivity index (χ1) is 9.06. The largest absolute Gasteiger partial charge is 0.465 e. The number of aromatic amines is 1. The van der Waals surface area contributed by atoms with Gasteiger partial charge in [0.1, 0.15) is 0 Å². The summed E-state index contributed by atoms with van der Waals surface area (Å²) in [5.41, 5.74) is 1.22. The normalized spacial score (nSPS) is 16.6. The number of rotatable bonds is 1. The van der Waals surface area contributed by atoms with Gasteiger partial charge in [-0.3, -0.25) is 0 Å². The third kappa shape index (κ3) is 1.93. The van der Waals surface area contributed by atoms with Crippen LogP contribution in [0.1, 0.15) is 17.4 Å². The van der Waals surface area contributed by atoms with Gasteiger partial charge in [0.2, 0.25) is 0 Å². The van der Waals surface area contributed by atoms with Crippen molar-refractivity contribution < 1.29 is 9.90 Å². The van der Waals surface area contributed by atoms with Gasteiger partial charge < -0.3 is 10.4 Å². The van der Waals surface area contributed by atoms with Crippen molar-refractivity contribution >= 4 is 22.0 Å². The molecule has 1 aliphatic rings. The van der Waals surface area contributed by atoms with Crippen LogP contribution < -0.4 is 11.0 Å². The maximum atomic E-state index is 11.8. The molecule has 1 atom stereocenters. The molecule has 0 bridgehead atoms. The molecular weight excluding hydrogens is 316 g/mol. The van der Waals surface area contributed by atoms with Gasteiger partial charge in [0, 0.05) is 10.9 Å². The van der Waals surface area contributed by atoms with Crippen molar-refractivity contribution in [2.45, 2.75) is 12.5 Å². The molecule has 3 rings (SSSR count). The maximum Gasteiger partial charge on any atom is 0.405 e. The Morgan fingerprint density at radius 1 is 1.58 bits per heavy atom. The third-order valence-electron chi connectivity index (χ3n) is 3.01. The molecule has 0 saturated heterocycles. The van der Waals surface area contributed by atoms with Gasteiger partial charge in [-0.2, -0.15) is 5.10 Å². The first-order valence-corrected chi connectivity index (χ1v) is 6.31. The lowest BCUT2D eigenvalue weighted by molar-refractivity contribution is 0.188. The number of nitrogens with zero attached hydrogens (tertiary/aromatic N) is 2. The van der Waals surface area contributed by atoms with Gasteiger partial charge in [0.15, 0.2) is 5.82 Å². The molecule has 0 saturated carbocycles. The summed E-state index contributed by atoms with van der Waals surface area (Å²) in [6.45, 7) is 0. The number of aromatic nitrogens is 3. The molecule has 7 nitrogen and oxygen atoms in total. The first kappa shape index (κ1) is 12.0. The standard InChI is InChI=1S/C11H9BrN4O3/c12-6-1-2-8-5(3-6)4-7(13-11(18)19)9-14-15-10(17)16(8)9/h1-3,7,13H,4H2,(H,15,17)(H,18,19). The average Bonchev–Trinajstić information content (AvgIpc) is 2.71. The lowest BCUT2D eigenvalue weighted by Gasteiger charge is -2.24. The van der Waals surface area contributed by atoms with Gasteiger partial charge in [-0.15, -0.1) is 0 Å². The second-order valence-electron chi connectivity index (χ2n) is 4.20. The minimum Gasteiger partial charge on any atom is -0.465 e. The number of hydrogen-bond acceptors (Lipinski definition) is 3. The van der Waals surface area contributed by atoms with Gasteiger partial charge in [-0.05, 0) is 23.8 Å². The number of fused-ring (bicyclic) bond motifs is 3. The average molecular weight is 325 g/mol. The molecule has 1 unspecified atom stereocenters. The number of carbonyl (C=O) groups is 1. The molecule has 3 N–H and O–H groups in total. The molecule has 0 spiro atoms. The Morgan fingerprint density at radius 2 is 2.37 bits per heavy atom. The van der Waals surface area contributed by atoms with E-state index in [1.807, 2.05) is 12.1 Å². The van der Waals surface area contributed by atoms with E-state index in [-0.39, 0.29) is 5.69 Å². The Labute approximate surface area is 115 Å². The molecule has 0 aliphatic carbocycles. The summed E-state index contributed by atoms with van der Waals surface area (Å²) in [5.74, 6) is 0.377. The second kappa shape index (κ2) is 4.23. The Morgan fingerprint density at radius 3 is 3.11 bits per heavy atom. The van der Waals surface area contributed by atoms with E-state index in [0.29, 0.717) is 12.2 Å². The number of H-pyrrole nitrogens is 1. The fraction of sp³-hybridized carbons (Fsp3) is 0.182. The van der Waals surface area contributed by atoms with E-state index in [1.54, 1.807) is 6.07 Å². The Kier molecular flexibility index (Phi) is 2.67. The van der Waals surface area contributed by atoms with Crippen LogP contribution in [0.5, 0.6) is 0 Å². The predicted molar refractivity (Wildman–Crippen MR) is 69.5 cm³/mol. The molecule has 8 heteroatoms. The highest BCUT2D eigenvalue weighted by molar-refractivity contribution is 9.10. The zero-order chi connectivity index (χ0) is 13.6. The van der Waals surface area contributed by atoms with Gasteiger partial charge in [-0.1, -0.05) is 15.9 Å². The van der Waals surface area contributed by atoms with Crippen LogP contribution in [0.4, 0.5) is 4.79 Å². The second-order valence-corrected chi connectivity index (χ2v) is 5.12. The highest BCUT2D eigenvalue weighted by Gasteiger charge is 2.29. The van der Waals surface area contributed by atoms with Crippen molar-refractivity contribution in [1.29, 1.82) is 0 Å². The Balaban J connectivity index is 2.19. The van der Waals surface area contributed by atoms with Crippen LogP contribution in [0.3, 0.4) is 0 Å². The molecular formula is C11H9BrN4O3. The minimum absolute atomic E-state index is 0.377. The number of nitrogens with one attached hydrogen (secondary N) is 2. The molecule has 1 aromatic carbocycles. The topological polar surface area (TPSA) is 100 Å². The van der Waals surface area contributed by atoms with E-state index >= 15 is 0 Å². The van der Waals surface area contributed by atoms with Crippen molar-refractivity contribution in [2.24, 2.45) is 0 Å². The van der Waals surface area contributed by atoms with Gasteiger partial charge >= 0.3 is 11.8 Å². The fourth-order valence-electron chi connectivity index (χ4n) is 2.29. The zero-order valence-corrected chi connectivity index (χ0v) is 11.1.